The van der Waals surface area contributed by atoms with Crippen LogP contribution >= 0.6 is 0 Å². The quantitative estimate of drug-likeness (QED) is 0.753. The molecule has 1 aromatic rings. The predicted molar refractivity (Wildman–Crippen MR) is 65.2 cm³/mol. The lowest BCUT2D eigenvalue weighted by Gasteiger charge is -2.44. The number of aryl methyl sites for hydroxylation is 1. The highest BCUT2D eigenvalue weighted by Gasteiger charge is 2.41. The van der Waals surface area contributed by atoms with Crippen LogP contribution in [0.3, 0.4) is 0 Å². The number of anilines is 1. The SMILES string of the molecule is Cc1cc(N2CC(N3C(=O)CNC3=O)C2)ccn1. The van der Waals surface area contributed by atoms with Crippen molar-refractivity contribution in [2.75, 3.05) is 24.5 Å². The molecule has 2 aliphatic heterocycles. The highest BCUT2D eigenvalue weighted by atomic mass is 16.2. The van der Waals surface area contributed by atoms with Crippen LogP contribution in [0.4, 0.5) is 10.5 Å². The zero-order valence-corrected chi connectivity index (χ0v) is 10.1. The van der Waals surface area contributed by atoms with Gasteiger partial charge in [-0.15, -0.1) is 0 Å². The van der Waals surface area contributed by atoms with E-state index >= 15 is 0 Å². The van der Waals surface area contributed by atoms with Crippen LogP contribution in [0.5, 0.6) is 0 Å². The number of hydrogen-bond donors (Lipinski definition) is 1. The lowest BCUT2D eigenvalue weighted by molar-refractivity contribution is -0.126. The number of hydrogen-bond acceptors (Lipinski definition) is 4. The largest absolute Gasteiger partial charge is 0.367 e. The molecule has 94 valence electrons. The van der Waals surface area contributed by atoms with E-state index in [1.165, 1.54) is 4.90 Å². The molecule has 0 radical (unpaired) electrons. The van der Waals surface area contributed by atoms with Crippen molar-refractivity contribution in [1.82, 2.24) is 15.2 Å². The maximum atomic E-state index is 11.5. The fourth-order valence-corrected chi connectivity index (χ4v) is 2.36. The molecule has 0 atom stereocenters. The van der Waals surface area contributed by atoms with E-state index in [1.807, 2.05) is 19.1 Å². The molecule has 3 heterocycles. The summed E-state index contributed by atoms with van der Waals surface area (Å²) in [7, 11) is 0. The van der Waals surface area contributed by atoms with Crippen molar-refractivity contribution in [3.8, 4) is 0 Å². The third kappa shape index (κ3) is 1.70. The summed E-state index contributed by atoms with van der Waals surface area (Å²) in [5.74, 6) is -0.129. The van der Waals surface area contributed by atoms with Crippen molar-refractivity contribution in [3.63, 3.8) is 0 Å². The Morgan fingerprint density at radius 1 is 1.39 bits per heavy atom. The molecule has 1 aromatic heterocycles. The monoisotopic (exact) mass is 246 g/mol. The minimum absolute atomic E-state index is 0.00604. The van der Waals surface area contributed by atoms with Crippen LogP contribution < -0.4 is 10.2 Å². The molecule has 3 rings (SSSR count). The van der Waals surface area contributed by atoms with Crippen molar-refractivity contribution in [2.45, 2.75) is 13.0 Å². The van der Waals surface area contributed by atoms with E-state index in [0.29, 0.717) is 13.1 Å². The molecular weight excluding hydrogens is 232 g/mol. The molecule has 6 heteroatoms. The van der Waals surface area contributed by atoms with Gasteiger partial charge in [-0.2, -0.15) is 0 Å². The number of amides is 3. The van der Waals surface area contributed by atoms with Gasteiger partial charge in [0, 0.05) is 30.7 Å². The summed E-state index contributed by atoms with van der Waals surface area (Å²) in [5.41, 5.74) is 2.05. The first-order chi connectivity index (χ1) is 8.65. The number of carbonyl (C=O) groups is 2. The first kappa shape index (κ1) is 11.0. The number of nitrogens with one attached hydrogen (secondary N) is 1. The van der Waals surface area contributed by atoms with Gasteiger partial charge >= 0.3 is 6.03 Å². The molecule has 0 spiro atoms. The van der Waals surface area contributed by atoms with Crippen LogP contribution in [-0.4, -0.2) is 47.5 Å². The number of nitrogens with zero attached hydrogens (tertiary/aromatic N) is 3. The van der Waals surface area contributed by atoms with Crippen molar-refractivity contribution in [3.05, 3.63) is 24.0 Å². The summed E-state index contributed by atoms with van der Waals surface area (Å²) in [4.78, 5) is 30.6. The fourth-order valence-electron chi connectivity index (χ4n) is 2.36. The third-order valence-corrected chi connectivity index (χ3v) is 3.35. The first-order valence-electron chi connectivity index (χ1n) is 5.92. The Balaban J connectivity index is 1.67. The zero-order valence-electron chi connectivity index (χ0n) is 10.1. The summed E-state index contributed by atoms with van der Waals surface area (Å²) in [6.07, 6.45) is 1.77. The molecule has 6 nitrogen and oxygen atoms in total. The Bertz CT molecular complexity index is 495. The van der Waals surface area contributed by atoms with E-state index in [9.17, 15) is 9.59 Å². The van der Waals surface area contributed by atoms with Gasteiger partial charge in [0.15, 0.2) is 0 Å². The van der Waals surface area contributed by atoms with Crippen molar-refractivity contribution < 1.29 is 9.59 Å². The Hall–Kier alpha value is -2.11. The molecule has 0 bridgehead atoms. The lowest BCUT2D eigenvalue weighted by Crippen LogP contribution is -2.61. The van der Waals surface area contributed by atoms with Gasteiger partial charge in [0.2, 0.25) is 5.91 Å². The van der Waals surface area contributed by atoms with Crippen LogP contribution in [0.15, 0.2) is 18.3 Å². The number of rotatable bonds is 2. The second-order valence-electron chi connectivity index (χ2n) is 4.64. The summed E-state index contributed by atoms with van der Waals surface area (Å²) < 4.78 is 0. The van der Waals surface area contributed by atoms with E-state index in [-0.39, 0.29) is 24.5 Å². The first-order valence-corrected chi connectivity index (χ1v) is 5.92. The molecule has 0 unspecified atom stereocenters. The number of urea groups is 1. The van der Waals surface area contributed by atoms with Gasteiger partial charge < -0.3 is 10.2 Å². The standard InChI is InChI=1S/C12H14N4O2/c1-8-4-9(2-3-13-8)15-6-10(7-15)16-11(17)5-14-12(16)18/h2-4,10H,5-7H2,1H3,(H,14,18). The Kier molecular flexibility index (Phi) is 2.43. The van der Waals surface area contributed by atoms with Crippen LogP contribution in [-0.2, 0) is 4.79 Å². The van der Waals surface area contributed by atoms with Gasteiger partial charge in [-0.05, 0) is 19.1 Å². The minimum Gasteiger partial charge on any atom is -0.367 e. The van der Waals surface area contributed by atoms with Crippen molar-refractivity contribution >= 4 is 17.6 Å². The third-order valence-electron chi connectivity index (χ3n) is 3.35. The molecule has 2 fully saturated rings. The maximum Gasteiger partial charge on any atom is 0.324 e. The smallest absolute Gasteiger partial charge is 0.324 e. The maximum absolute atomic E-state index is 11.5. The molecule has 18 heavy (non-hydrogen) atoms. The highest BCUT2D eigenvalue weighted by molar-refractivity contribution is 6.02. The normalized spacial score (nSPS) is 20.1. The summed E-state index contributed by atoms with van der Waals surface area (Å²) in [6, 6.07) is 3.67. The molecule has 0 saturated carbocycles. The number of aromatic nitrogens is 1. The highest BCUT2D eigenvalue weighted by Crippen LogP contribution is 2.24. The van der Waals surface area contributed by atoms with E-state index in [0.717, 1.165) is 11.4 Å². The van der Waals surface area contributed by atoms with E-state index < -0.39 is 0 Å². The van der Waals surface area contributed by atoms with Gasteiger partial charge in [-0.1, -0.05) is 0 Å². The topological polar surface area (TPSA) is 65.5 Å². The molecule has 0 aromatic carbocycles. The van der Waals surface area contributed by atoms with Crippen LogP contribution in [0.2, 0.25) is 0 Å². The zero-order chi connectivity index (χ0) is 12.7. The van der Waals surface area contributed by atoms with Crippen molar-refractivity contribution in [1.29, 1.82) is 0 Å². The molecule has 2 saturated heterocycles. The average Bonchev–Trinajstić information content (AvgIpc) is 2.59. The van der Waals surface area contributed by atoms with Gasteiger partial charge in [0.05, 0.1) is 12.6 Å². The van der Waals surface area contributed by atoms with Gasteiger partial charge in [0.1, 0.15) is 0 Å². The lowest BCUT2D eigenvalue weighted by atomic mass is 10.1. The molecule has 0 aliphatic carbocycles. The number of carbonyl (C=O) groups excluding carboxylic acids is 2. The van der Waals surface area contributed by atoms with Crippen LogP contribution in [0.25, 0.3) is 0 Å². The Morgan fingerprint density at radius 3 is 2.78 bits per heavy atom. The summed E-state index contributed by atoms with van der Waals surface area (Å²) in [6.45, 7) is 3.47. The van der Waals surface area contributed by atoms with E-state index in [1.54, 1.807) is 6.20 Å². The van der Waals surface area contributed by atoms with Crippen molar-refractivity contribution in [2.24, 2.45) is 0 Å². The van der Waals surface area contributed by atoms with E-state index in [4.69, 9.17) is 0 Å². The number of imide groups is 1. The Labute approximate surface area is 105 Å². The molecule has 3 amide bonds. The second kappa shape index (κ2) is 3.97. The van der Waals surface area contributed by atoms with Gasteiger partial charge in [-0.25, -0.2) is 4.79 Å². The number of pyridine rings is 1. The van der Waals surface area contributed by atoms with E-state index in [2.05, 4.69) is 15.2 Å². The molecule has 2 aliphatic rings. The second-order valence-corrected chi connectivity index (χ2v) is 4.64. The predicted octanol–water partition coefficient (Wildman–Crippen LogP) is 0.130. The Morgan fingerprint density at radius 2 is 2.17 bits per heavy atom. The minimum atomic E-state index is -0.268. The van der Waals surface area contributed by atoms with Crippen LogP contribution in [0.1, 0.15) is 5.69 Å². The molecular formula is C12H14N4O2. The summed E-state index contributed by atoms with van der Waals surface area (Å²) >= 11 is 0. The summed E-state index contributed by atoms with van der Waals surface area (Å²) in [5, 5.41) is 2.54. The fraction of sp³-hybridized carbons (Fsp3) is 0.417. The molecule has 1 N–H and O–H groups in total. The van der Waals surface area contributed by atoms with Gasteiger partial charge in [0.25, 0.3) is 0 Å². The van der Waals surface area contributed by atoms with Crippen LogP contribution in [0, 0.1) is 6.92 Å². The average molecular weight is 246 g/mol. The van der Waals surface area contributed by atoms with Gasteiger partial charge in [-0.3, -0.25) is 14.7 Å².